The molecule has 0 bridgehead atoms. The number of hydrogen-bond acceptors (Lipinski definition) is 7. The van der Waals surface area contributed by atoms with Crippen molar-refractivity contribution in [2.75, 3.05) is 20.7 Å². The van der Waals surface area contributed by atoms with Crippen LogP contribution in [0.25, 0.3) is 0 Å². The second-order valence-corrected chi connectivity index (χ2v) is 7.93. The number of benzene rings is 3. The third-order valence-electron chi connectivity index (χ3n) is 6.00. The number of carbonyl (C=O) groups excluding carboxylic acids is 1. The maximum Gasteiger partial charge on any atom is 0.267 e. The second-order valence-electron chi connectivity index (χ2n) is 7.93. The molecule has 1 saturated heterocycles. The van der Waals surface area contributed by atoms with E-state index in [1.54, 1.807) is 36.3 Å². The summed E-state index contributed by atoms with van der Waals surface area (Å²) in [6.45, 7) is 0.811. The number of amides is 1. The minimum Gasteiger partial charge on any atom is -0.497 e. The summed E-state index contributed by atoms with van der Waals surface area (Å²) < 4.78 is 33.2. The Morgan fingerprint density at radius 3 is 2.18 bits per heavy atom. The van der Waals surface area contributed by atoms with Crippen LogP contribution in [0.2, 0.25) is 0 Å². The highest BCUT2D eigenvalue weighted by Gasteiger charge is 2.50. The SMILES string of the molecule is COc1ccc(O[C@@H]2C(=O)N(Cc3ccc4c(c3)OCO4)[C@@H]2c2ccc3c(c2)OCO3)cc1. The lowest BCUT2D eigenvalue weighted by Gasteiger charge is -2.46. The number of nitrogens with zero attached hydrogens (tertiary/aromatic N) is 1. The molecule has 1 amide bonds. The van der Waals surface area contributed by atoms with E-state index in [1.165, 1.54) is 0 Å². The predicted octanol–water partition coefficient (Wildman–Crippen LogP) is 3.68. The molecule has 0 aromatic heterocycles. The number of carbonyl (C=O) groups is 1. The van der Waals surface area contributed by atoms with Crippen molar-refractivity contribution in [1.29, 1.82) is 0 Å². The van der Waals surface area contributed by atoms with Gasteiger partial charge in [0.2, 0.25) is 19.7 Å². The Bertz CT molecular complexity index is 1210. The maximum atomic E-state index is 13.2. The molecule has 8 heteroatoms. The molecule has 3 aromatic rings. The molecule has 0 spiro atoms. The van der Waals surface area contributed by atoms with Crippen LogP contribution in [0.1, 0.15) is 17.2 Å². The zero-order valence-corrected chi connectivity index (χ0v) is 17.9. The van der Waals surface area contributed by atoms with Gasteiger partial charge in [0.15, 0.2) is 23.0 Å². The van der Waals surface area contributed by atoms with E-state index in [2.05, 4.69) is 0 Å². The Kier molecular flexibility index (Phi) is 4.64. The lowest BCUT2D eigenvalue weighted by molar-refractivity contribution is -0.165. The molecule has 0 saturated carbocycles. The molecule has 0 radical (unpaired) electrons. The van der Waals surface area contributed by atoms with E-state index >= 15 is 0 Å². The molecule has 3 aromatic carbocycles. The number of fused-ring (bicyclic) bond motifs is 2. The van der Waals surface area contributed by atoms with Gasteiger partial charge >= 0.3 is 0 Å². The van der Waals surface area contributed by atoms with Gasteiger partial charge in [0.25, 0.3) is 5.91 Å². The van der Waals surface area contributed by atoms with Gasteiger partial charge in [0.05, 0.1) is 7.11 Å². The van der Waals surface area contributed by atoms with Crippen LogP contribution in [0.3, 0.4) is 0 Å². The number of rotatable bonds is 6. The lowest BCUT2D eigenvalue weighted by atomic mass is 9.89. The minimum absolute atomic E-state index is 0.0915. The first-order chi connectivity index (χ1) is 16.2. The van der Waals surface area contributed by atoms with Crippen molar-refractivity contribution in [3.63, 3.8) is 0 Å². The predicted molar refractivity (Wildman–Crippen MR) is 116 cm³/mol. The number of hydrogen-bond donors (Lipinski definition) is 0. The van der Waals surface area contributed by atoms with Crippen LogP contribution in [0.5, 0.6) is 34.5 Å². The van der Waals surface area contributed by atoms with E-state index in [9.17, 15) is 4.79 Å². The summed E-state index contributed by atoms with van der Waals surface area (Å²) in [5.41, 5.74) is 1.86. The largest absolute Gasteiger partial charge is 0.497 e. The van der Waals surface area contributed by atoms with Gasteiger partial charge in [-0.15, -0.1) is 0 Å². The van der Waals surface area contributed by atoms with Gasteiger partial charge in [-0.2, -0.15) is 0 Å². The van der Waals surface area contributed by atoms with Crippen molar-refractivity contribution in [1.82, 2.24) is 4.90 Å². The average molecular weight is 447 g/mol. The van der Waals surface area contributed by atoms with E-state index in [-0.39, 0.29) is 25.5 Å². The first kappa shape index (κ1) is 19.6. The summed E-state index contributed by atoms with van der Waals surface area (Å²) in [4.78, 5) is 15.0. The second kappa shape index (κ2) is 7.81. The Balaban J connectivity index is 1.29. The zero-order chi connectivity index (χ0) is 22.4. The van der Waals surface area contributed by atoms with Crippen molar-refractivity contribution in [3.8, 4) is 34.5 Å². The summed E-state index contributed by atoms with van der Waals surface area (Å²) in [5, 5.41) is 0. The molecule has 3 heterocycles. The van der Waals surface area contributed by atoms with Gasteiger partial charge < -0.3 is 33.3 Å². The highest BCUT2D eigenvalue weighted by Crippen LogP contribution is 2.43. The Morgan fingerprint density at radius 1 is 0.818 bits per heavy atom. The highest BCUT2D eigenvalue weighted by atomic mass is 16.7. The molecule has 0 aliphatic carbocycles. The third-order valence-corrected chi connectivity index (χ3v) is 6.00. The van der Waals surface area contributed by atoms with E-state index in [4.69, 9.17) is 28.4 Å². The minimum atomic E-state index is -0.659. The zero-order valence-electron chi connectivity index (χ0n) is 17.9. The van der Waals surface area contributed by atoms with Crippen LogP contribution in [-0.2, 0) is 11.3 Å². The van der Waals surface area contributed by atoms with Crippen molar-refractivity contribution in [3.05, 3.63) is 71.8 Å². The first-order valence-corrected chi connectivity index (χ1v) is 10.6. The van der Waals surface area contributed by atoms with Gasteiger partial charge in [-0.3, -0.25) is 4.79 Å². The number of likely N-dealkylation sites (tertiary alicyclic amines) is 1. The number of β-lactam (4-membered cyclic amide) rings is 1. The summed E-state index contributed by atoms with van der Waals surface area (Å²) >= 11 is 0. The van der Waals surface area contributed by atoms with Crippen LogP contribution in [0.4, 0.5) is 0 Å². The van der Waals surface area contributed by atoms with Gasteiger partial charge in [-0.1, -0.05) is 12.1 Å². The van der Waals surface area contributed by atoms with E-state index in [1.807, 2.05) is 36.4 Å². The molecular weight excluding hydrogens is 426 g/mol. The molecule has 168 valence electrons. The summed E-state index contributed by atoms with van der Waals surface area (Å²) in [7, 11) is 1.61. The fourth-order valence-corrected chi connectivity index (χ4v) is 4.30. The summed E-state index contributed by atoms with van der Waals surface area (Å²) in [6, 6.07) is 18.3. The maximum absolute atomic E-state index is 13.2. The van der Waals surface area contributed by atoms with E-state index < -0.39 is 6.10 Å². The summed E-state index contributed by atoms with van der Waals surface area (Å²) in [5.74, 6) is 3.98. The topological polar surface area (TPSA) is 75.7 Å². The van der Waals surface area contributed by atoms with E-state index in [0.717, 1.165) is 16.9 Å². The molecule has 6 rings (SSSR count). The fourth-order valence-electron chi connectivity index (χ4n) is 4.30. The standard InChI is InChI=1S/C25H21NO7/c1-28-17-4-6-18(7-5-17)33-24-23(16-3-9-20-22(11-16)32-14-30-20)26(25(24)27)12-15-2-8-19-21(10-15)31-13-29-19/h2-11,23-24H,12-14H2,1H3/t23-,24+/m1/s1. The van der Waals surface area contributed by atoms with Gasteiger partial charge in [0.1, 0.15) is 17.5 Å². The quantitative estimate of drug-likeness (QED) is 0.534. The Labute approximate surface area is 190 Å². The molecule has 8 nitrogen and oxygen atoms in total. The Hall–Kier alpha value is -4.07. The number of methoxy groups -OCH3 is 1. The van der Waals surface area contributed by atoms with Crippen LogP contribution < -0.4 is 28.4 Å². The van der Waals surface area contributed by atoms with Crippen molar-refractivity contribution in [2.45, 2.75) is 18.7 Å². The average Bonchev–Trinajstić information content (AvgIpc) is 3.52. The van der Waals surface area contributed by atoms with Crippen LogP contribution >= 0.6 is 0 Å². The molecule has 0 N–H and O–H groups in total. The molecule has 0 unspecified atom stereocenters. The first-order valence-electron chi connectivity index (χ1n) is 10.6. The van der Waals surface area contributed by atoms with Crippen molar-refractivity contribution >= 4 is 5.91 Å². The molecule has 33 heavy (non-hydrogen) atoms. The van der Waals surface area contributed by atoms with Crippen molar-refractivity contribution in [2.24, 2.45) is 0 Å². The van der Waals surface area contributed by atoms with E-state index in [0.29, 0.717) is 35.3 Å². The Morgan fingerprint density at radius 2 is 1.45 bits per heavy atom. The van der Waals surface area contributed by atoms with Crippen molar-refractivity contribution < 1.29 is 33.2 Å². The van der Waals surface area contributed by atoms with Gasteiger partial charge in [0, 0.05) is 6.54 Å². The molecule has 3 aliphatic heterocycles. The fraction of sp³-hybridized carbons (Fsp3) is 0.240. The molecular formula is C25H21NO7. The normalized spacial score (nSPS) is 19.9. The lowest BCUT2D eigenvalue weighted by Crippen LogP contribution is -2.60. The molecule has 3 aliphatic rings. The van der Waals surface area contributed by atoms with Gasteiger partial charge in [-0.05, 0) is 59.7 Å². The highest BCUT2D eigenvalue weighted by molar-refractivity contribution is 5.89. The van der Waals surface area contributed by atoms with Crippen LogP contribution in [0.15, 0.2) is 60.7 Å². The third kappa shape index (κ3) is 3.44. The van der Waals surface area contributed by atoms with Gasteiger partial charge in [-0.25, -0.2) is 0 Å². The number of ether oxygens (including phenoxy) is 6. The monoisotopic (exact) mass is 447 g/mol. The molecule has 1 fully saturated rings. The van der Waals surface area contributed by atoms with Crippen LogP contribution in [-0.4, -0.2) is 37.6 Å². The molecule has 2 atom stereocenters. The van der Waals surface area contributed by atoms with Crippen LogP contribution in [0, 0.1) is 0 Å². The smallest absolute Gasteiger partial charge is 0.267 e. The summed E-state index contributed by atoms with van der Waals surface area (Å²) in [6.07, 6.45) is -0.659.